The highest BCUT2D eigenvalue weighted by atomic mass is 79.9. The van der Waals surface area contributed by atoms with Crippen LogP contribution in [-0.4, -0.2) is 33.4 Å². The van der Waals surface area contributed by atoms with Crippen LogP contribution in [0.2, 0.25) is 0 Å². The number of aliphatic hydroxyl groups is 1. The van der Waals surface area contributed by atoms with E-state index in [0.29, 0.717) is 6.54 Å². The van der Waals surface area contributed by atoms with Gasteiger partial charge in [0.25, 0.3) is 0 Å². The van der Waals surface area contributed by atoms with Crippen LogP contribution in [0.4, 0.5) is 5.69 Å². The maximum atomic E-state index is 9.36. The monoisotopic (exact) mass is 343 g/mol. The van der Waals surface area contributed by atoms with Crippen molar-refractivity contribution in [2.45, 2.75) is 12.6 Å². The Morgan fingerprint density at radius 1 is 1.37 bits per heavy atom. The molecule has 1 aromatic heterocycles. The van der Waals surface area contributed by atoms with Gasteiger partial charge >= 0.3 is 0 Å². The van der Waals surface area contributed by atoms with E-state index < -0.39 is 6.10 Å². The van der Waals surface area contributed by atoms with Crippen LogP contribution < -0.4 is 5.32 Å². The molecule has 2 N–H and O–H groups in total. The largest absolute Gasteiger partial charge is 0.390 e. The van der Waals surface area contributed by atoms with E-state index in [4.69, 9.17) is 11.6 Å². The van der Waals surface area contributed by atoms with Crippen LogP contribution in [0, 0.1) is 0 Å². The SMILES string of the molecule is OC(CCl)CNc1ccc(Cn2cc(Br)cn2)cc1. The van der Waals surface area contributed by atoms with Gasteiger partial charge < -0.3 is 10.4 Å². The molecule has 4 nitrogen and oxygen atoms in total. The Balaban J connectivity index is 1.91. The Labute approximate surface area is 125 Å². The summed E-state index contributed by atoms with van der Waals surface area (Å²) in [5, 5.41) is 16.7. The molecule has 1 atom stereocenters. The molecule has 0 saturated carbocycles. The van der Waals surface area contributed by atoms with Crippen molar-refractivity contribution in [2.75, 3.05) is 17.7 Å². The summed E-state index contributed by atoms with van der Waals surface area (Å²) in [7, 11) is 0. The molecule has 1 aromatic carbocycles. The molecule has 1 heterocycles. The van der Waals surface area contributed by atoms with Gasteiger partial charge in [0.05, 0.1) is 29.2 Å². The van der Waals surface area contributed by atoms with Crippen molar-refractivity contribution in [3.63, 3.8) is 0 Å². The fourth-order valence-electron chi connectivity index (χ4n) is 1.63. The number of alkyl halides is 1. The Kier molecular flexibility index (Phi) is 5.24. The van der Waals surface area contributed by atoms with Crippen molar-refractivity contribution in [1.29, 1.82) is 0 Å². The Hall–Kier alpha value is -1.04. The van der Waals surface area contributed by atoms with Crippen LogP contribution in [0.25, 0.3) is 0 Å². The summed E-state index contributed by atoms with van der Waals surface area (Å²) in [5.41, 5.74) is 2.13. The third-order valence-electron chi connectivity index (χ3n) is 2.62. The maximum Gasteiger partial charge on any atom is 0.0847 e. The first-order valence-electron chi connectivity index (χ1n) is 5.92. The number of aliphatic hydroxyl groups excluding tert-OH is 1. The number of rotatable bonds is 6. The van der Waals surface area contributed by atoms with Gasteiger partial charge in [0.15, 0.2) is 0 Å². The Bertz CT molecular complexity index is 515. The lowest BCUT2D eigenvalue weighted by Crippen LogP contribution is -2.20. The fourth-order valence-corrected chi connectivity index (χ4v) is 2.07. The first kappa shape index (κ1) is 14.4. The first-order chi connectivity index (χ1) is 9.17. The molecule has 102 valence electrons. The van der Waals surface area contributed by atoms with Gasteiger partial charge in [-0.1, -0.05) is 12.1 Å². The van der Waals surface area contributed by atoms with E-state index in [-0.39, 0.29) is 5.88 Å². The van der Waals surface area contributed by atoms with Gasteiger partial charge in [-0.15, -0.1) is 11.6 Å². The summed E-state index contributed by atoms with van der Waals surface area (Å²) in [5.74, 6) is 0.235. The highest BCUT2D eigenvalue weighted by Crippen LogP contribution is 2.12. The smallest absolute Gasteiger partial charge is 0.0847 e. The summed E-state index contributed by atoms with van der Waals surface area (Å²) < 4.78 is 2.84. The predicted molar refractivity (Wildman–Crippen MR) is 80.7 cm³/mol. The number of nitrogens with one attached hydrogen (secondary N) is 1. The van der Waals surface area contributed by atoms with Gasteiger partial charge in [0, 0.05) is 18.4 Å². The fraction of sp³-hybridized carbons (Fsp3) is 0.308. The maximum absolute atomic E-state index is 9.36. The van der Waals surface area contributed by atoms with Gasteiger partial charge in [-0.05, 0) is 33.6 Å². The van der Waals surface area contributed by atoms with Crippen molar-refractivity contribution in [3.05, 3.63) is 46.7 Å². The third kappa shape index (κ3) is 4.53. The second kappa shape index (κ2) is 6.93. The van der Waals surface area contributed by atoms with Crippen LogP contribution in [0.15, 0.2) is 41.1 Å². The van der Waals surface area contributed by atoms with E-state index in [2.05, 4.69) is 26.3 Å². The number of hydrogen-bond acceptors (Lipinski definition) is 3. The van der Waals surface area contributed by atoms with Crippen molar-refractivity contribution in [1.82, 2.24) is 9.78 Å². The number of halogens is 2. The number of nitrogens with zero attached hydrogens (tertiary/aromatic N) is 2. The molecule has 0 saturated heterocycles. The lowest BCUT2D eigenvalue weighted by molar-refractivity contribution is 0.211. The minimum atomic E-state index is -0.525. The zero-order chi connectivity index (χ0) is 13.7. The second-order valence-electron chi connectivity index (χ2n) is 4.24. The molecule has 19 heavy (non-hydrogen) atoms. The molecule has 0 aliphatic rings. The lowest BCUT2D eigenvalue weighted by atomic mass is 10.2. The number of hydrogen-bond donors (Lipinski definition) is 2. The minimum Gasteiger partial charge on any atom is -0.390 e. The third-order valence-corrected chi connectivity index (χ3v) is 3.39. The standard InChI is InChI=1S/C13H15BrClN3O/c14-11-6-17-18(9-11)8-10-1-3-12(4-2-10)16-7-13(19)5-15/h1-4,6,9,13,16,19H,5,7-8H2. The molecule has 0 bridgehead atoms. The molecule has 0 fully saturated rings. The average molecular weight is 345 g/mol. The Morgan fingerprint density at radius 3 is 2.68 bits per heavy atom. The second-order valence-corrected chi connectivity index (χ2v) is 5.47. The van der Waals surface area contributed by atoms with Gasteiger partial charge in [0.1, 0.15) is 0 Å². The summed E-state index contributed by atoms with van der Waals surface area (Å²) in [6.45, 7) is 1.19. The molecule has 0 radical (unpaired) electrons. The van der Waals surface area contributed by atoms with E-state index in [1.165, 1.54) is 5.56 Å². The van der Waals surface area contributed by atoms with Crippen molar-refractivity contribution in [3.8, 4) is 0 Å². The molecule has 2 aromatic rings. The summed E-state index contributed by atoms with van der Waals surface area (Å²) in [6.07, 6.45) is 3.18. The van der Waals surface area contributed by atoms with E-state index in [9.17, 15) is 5.11 Å². The molecule has 2 rings (SSSR count). The number of benzene rings is 1. The van der Waals surface area contributed by atoms with Crippen LogP contribution in [0.5, 0.6) is 0 Å². The minimum absolute atomic E-state index is 0.235. The average Bonchev–Trinajstić information content (AvgIpc) is 2.83. The van der Waals surface area contributed by atoms with Crippen molar-refractivity contribution >= 4 is 33.2 Å². The zero-order valence-electron chi connectivity index (χ0n) is 10.3. The van der Waals surface area contributed by atoms with Crippen LogP contribution >= 0.6 is 27.5 Å². The van der Waals surface area contributed by atoms with Gasteiger partial charge in [-0.2, -0.15) is 5.10 Å². The molecule has 0 aliphatic heterocycles. The highest BCUT2D eigenvalue weighted by Gasteiger charge is 2.02. The quantitative estimate of drug-likeness (QED) is 0.792. The van der Waals surface area contributed by atoms with Gasteiger partial charge in [0.2, 0.25) is 0 Å². The predicted octanol–water partition coefficient (Wildman–Crippen LogP) is 2.71. The number of anilines is 1. The number of aromatic nitrogens is 2. The summed E-state index contributed by atoms with van der Waals surface area (Å²) >= 11 is 8.90. The topological polar surface area (TPSA) is 50.1 Å². The highest BCUT2D eigenvalue weighted by molar-refractivity contribution is 9.10. The van der Waals surface area contributed by atoms with E-state index in [1.807, 2.05) is 35.1 Å². The molecular weight excluding hydrogens is 330 g/mol. The molecule has 1 unspecified atom stereocenters. The summed E-state index contributed by atoms with van der Waals surface area (Å²) in [6, 6.07) is 8.03. The van der Waals surface area contributed by atoms with Gasteiger partial charge in [-0.25, -0.2) is 0 Å². The van der Waals surface area contributed by atoms with Crippen LogP contribution in [-0.2, 0) is 6.54 Å². The van der Waals surface area contributed by atoms with Crippen LogP contribution in [0.3, 0.4) is 0 Å². The molecule has 6 heteroatoms. The van der Waals surface area contributed by atoms with Crippen molar-refractivity contribution in [2.24, 2.45) is 0 Å². The molecule has 0 amide bonds. The Morgan fingerprint density at radius 2 is 2.11 bits per heavy atom. The molecular formula is C13H15BrClN3O. The van der Waals surface area contributed by atoms with E-state index in [0.717, 1.165) is 16.7 Å². The normalized spacial score (nSPS) is 12.4. The van der Waals surface area contributed by atoms with E-state index in [1.54, 1.807) is 6.20 Å². The van der Waals surface area contributed by atoms with Crippen molar-refractivity contribution < 1.29 is 5.11 Å². The first-order valence-corrected chi connectivity index (χ1v) is 7.25. The molecule has 0 aliphatic carbocycles. The van der Waals surface area contributed by atoms with E-state index >= 15 is 0 Å². The van der Waals surface area contributed by atoms with Gasteiger partial charge in [-0.3, -0.25) is 4.68 Å². The molecule has 0 spiro atoms. The lowest BCUT2D eigenvalue weighted by Gasteiger charge is -2.10. The zero-order valence-corrected chi connectivity index (χ0v) is 12.6. The summed E-state index contributed by atoms with van der Waals surface area (Å²) in [4.78, 5) is 0. The van der Waals surface area contributed by atoms with Crippen LogP contribution in [0.1, 0.15) is 5.56 Å².